The van der Waals surface area contributed by atoms with Gasteiger partial charge in [-0.3, -0.25) is 4.79 Å². The predicted octanol–water partition coefficient (Wildman–Crippen LogP) is 2.31. The normalized spacial score (nSPS) is 45.0. The van der Waals surface area contributed by atoms with Crippen molar-refractivity contribution in [3.05, 3.63) is 52.6 Å². The molecule has 2 bridgehead atoms. The zero-order valence-corrected chi connectivity index (χ0v) is 14.0. The highest BCUT2D eigenvalue weighted by molar-refractivity contribution is 6.03. The number of ketones is 1. The van der Waals surface area contributed by atoms with Gasteiger partial charge < -0.3 is 19.3 Å². The number of carbonyl (C=O) groups excluding carboxylic acids is 1. The van der Waals surface area contributed by atoms with Crippen molar-refractivity contribution in [2.24, 2.45) is 0 Å². The predicted molar refractivity (Wildman–Crippen MR) is 87.1 cm³/mol. The van der Waals surface area contributed by atoms with E-state index >= 15 is 0 Å². The molecule has 2 aliphatic carbocycles. The van der Waals surface area contributed by atoms with Crippen molar-refractivity contribution in [2.45, 2.75) is 48.8 Å². The summed E-state index contributed by atoms with van der Waals surface area (Å²) in [6.07, 6.45) is 4.01. The number of hydrogen-bond acceptors (Lipinski definition) is 5. The maximum Gasteiger partial charge on any atom is 0.165 e. The highest BCUT2D eigenvalue weighted by Gasteiger charge is 2.88. The fourth-order valence-corrected chi connectivity index (χ4v) is 5.51. The number of carbonyl (C=O) groups is 1. The Hall–Kier alpha value is -1.95. The molecular weight excluding hydrogens is 320 g/mol. The van der Waals surface area contributed by atoms with Gasteiger partial charge in [-0.05, 0) is 30.2 Å². The first kappa shape index (κ1) is 14.2. The van der Waals surface area contributed by atoms with Crippen LogP contribution in [0, 0.1) is 0 Å². The van der Waals surface area contributed by atoms with E-state index in [1.165, 1.54) is 0 Å². The lowest BCUT2D eigenvalue weighted by Gasteiger charge is -2.35. The Morgan fingerprint density at radius 1 is 1.28 bits per heavy atom. The molecule has 0 saturated carbocycles. The summed E-state index contributed by atoms with van der Waals surface area (Å²) in [5.41, 5.74) is 1.34. The molecule has 0 radical (unpaired) electrons. The molecule has 1 aromatic rings. The third-order valence-electron chi connectivity index (χ3n) is 6.38. The van der Waals surface area contributed by atoms with Crippen molar-refractivity contribution < 1.29 is 24.1 Å². The zero-order chi connectivity index (χ0) is 17.2. The van der Waals surface area contributed by atoms with Crippen molar-refractivity contribution in [2.75, 3.05) is 7.11 Å². The van der Waals surface area contributed by atoms with Gasteiger partial charge >= 0.3 is 0 Å². The number of Topliss-reactive ketones (excluding diaryl/α,β-unsaturated/α-hetero) is 1. The molecule has 3 aliphatic heterocycles. The summed E-state index contributed by atoms with van der Waals surface area (Å²) in [5, 5.41) is 10.4. The zero-order valence-electron chi connectivity index (χ0n) is 14.0. The highest BCUT2D eigenvalue weighted by atomic mass is 16.7. The van der Waals surface area contributed by atoms with Crippen LogP contribution in [0.25, 0.3) is 0 Å². The third-order valence-corrected chi connectivity index (χ3v) is 6.38. The monoisotopic (exact) mass is 338 g/mol. The summed E-state index contributed by atoms with van der Waals surface area (Å²) in [6.45, 7) is 1.72. The number of rotatable bonds is 1. The van der Waals surface area contributed by atoms with Gasteiger partial charge in [0.05, 0.1) is 12.7 Å². The SMILES string of the molecule is COc1cccc2c1[C@H]1O[C@@H]2C23OC12C=CC1=C3C(=O)CC(C)(O)C1. The van der Waals surface area contributed by atoms with Gasteiger partial charge in [0, 0.05) is 24.0 Å². The van der Waals surface area contributed by atoms with Crippen LogP contribution in [0.1, 0.15) is 43.1 Å². The van der Waals surface area contributed by atoms with Crippen molar-refractivity contribution >= 4 is 5.78 Å². The Bertz CT molecular complexity index is 926. The summed E-state index contributed by atoms with van der Waals surface area (Å²) in [5.74, 6) is 0.771. The van der Waals surface area contributed by atoms with E-state index < -0.39 is 16.8 Å². The fraction of sp³-hybridized carbons (Fsp3) is 0.450. The lowest BCUT2D eigenvalue weighted by Crippen LogP contribution is -2.43. The third kappa shape index (κ3) is 1.35. The van der Waals surface area contributed by atoms with Crippen LogP contribution >= 0.6 is 0 Å². The minimum atomic E-state index is -0.995. The van der Waals surface area contributed by atoms with E-state index in [0.29, 0.717) is 12.0 Å². The summed E-state index contributed by atoms with van der Waals surface area (Å²) in [7, 11) is 1.66. The first-order valence-electron chi connectivity index (χ1n) is 8.64. The number of aliphatic hydroxyl groups is 1. The van der Waals surface area contributed by atoms with Gasteiger partial charge in [-0.25, -0.2) is 0 Å². The molecule has 5 nitrogen and oxygen atoms in total. The van der Waals surface area contributed by atoms with Gasteiger partial charge in [-0.15, -0.1) is 0 Å². The second kappa shape index (κ2) is 3.90. The first-order valence-corrected chi connectivity index (χ1v) is 8.64. The molecule has 2 fully saturated rings. The number of hydrogen-bond donors (Lipinski definition) is 1. The van der Waals surface area contributed by atoms with E-state index in [-0.39, 0.29) is 24.4 Å². The molecule has 5 atom stereocenters. The quantitative estimate of drug-likeness (QED) is 0.796. The molecule has 3 heterocycles. The smallest absolute Gasteiger partial charge is 0.165 e. The molecule has 1 aromatic carbocycles. The maximum absolute atomic E-state index is 12.9. The molecule has 5 aliphatic rings. The van der Waals surface area contributed by atoms with E-state index in [1.54, 1.807) is 14.0 Å². The van der Waals surface area contributed by atoms with Crippen LogP contribution in [0.5, 0.6) is 5.75 Å². The summed E-state index contributed by atoms with van der Waals surface area (Å²) in [6, 6.07) is 5.92. The molecule has 0 amide bonds. The number of epoxide rings is 1. The van der Waals surface area contributed by atoms with E-state index in [0.717, 1.165) is 22.4 Å². The van der Waals surface area contributed by atoms with Gasteiger partial charge in [0.2, 0.25) is 0 Å². The average Bonchev–Trinajstić information content (AvgIpc) is 3.00. The van der Waals surface area contributed by atoms with Gasteiger partial charge in [-0.1, -0.05) is 18.2 Å². The van der Waals surface area contributed by atoms with E-state index in [9.17, 15) is 9.90 Å². The van der Waals surface area contributed by atoms with Crippen LogP contribution in [-0.4, -0.2) is 34.8 Å². The van der Waals surface area contributed by atoms with E-state index in [2.05, 4.69) is 0 Å². The summed E-state index contributed by atoms with van der Waals surface area (Å²) >= 11 is 0. The number of methoxy groups -OCH3 is 1. The van der Waals surface area contributed by atoms with Crippen LogP contribution in [0.2, 0.25) is 0 Å². The second-order valence-electron chi connectivity index (χ2n) is 8.00. The summed E-state index contributed by atoms with van der Waals surface area (Å²) < 4.78 is 18.2. The Balaban J connectivity index is 1.57. The number of ether oxygens (including phenoxy) is 3. The Labute approximate surface area is 144 Å². The van der Waals surface area contributed by atoms with Crippen LogP contribution in [0.4, 0.5) is 0 Å². The average molecular weight is 338 g/mol. The van der Waals surface area contributed by atoms with Crippen molar-refractivity contribution in [3.63, 3.8) is 0 Å². The number of fused-ring (bicyclic) bond motifs is 5. The highest BCUT2D eigenvalue weighted by Crippen LogP contribution is 2.79. The van der Waals surface area contributed by atoms with Crippen LogP contribution < -0.4 is 4.74 Å². The molecule has 0 aromatic heterocycles. The minimum Gasteiger partial charge on any atom is -0.496 e. The maximum atomic E-state index is 12.9. The lowest BCUT2D eigenvalue weighted by molar-refractivity contribution is -0.122. The van der Waals surface area contributed by atoms with Crippen molar-refractivity contribution in [1.29, 1.82) is 0 Å². The fourth-order valence-electron chi connectivity index (χ4n) is 5.51. The van der Waals surface area contributed by atoms with Gasteiger partial charge in [-0.2, -0.15) is 0 Å². The molecular formula is C20H18O5. The van der Waals surface area contributed by atoms with E-state index in [4.69, 9.17) is 14.2 Å². The first-order chi connectivity index (χ1) is 11.9. The number of allylic oxidation sites excluding steroid dienone is 1. The van der Waals surface area contributed by atoms with Crippen LogP contribution in [0.3, 0.4) is 0 Å². The van der Waals surface area contributed by atoms with Crippen LogP contribution in [0.15, 0.2) is 41.5 Å². The molecule has 1 N–H and O–H groups in total. The molecule has 25 heavy (non-hydrogen) atoms. The molecule has 2 saturated heterocycles. The minimum absolute atomic E-state index is 0.0296. The van der Waals surface area contributed by atoms with Gasteiger partial charge in [0.15, 0.2) is 17.0 Å². The van der Waals surface area contributed by atoms with Gasteiger partial charge in [0.25, 0.3) is 0 Å². The van der Waals surface area contributed by atoms with Crippen molar-refractivity contribution in [1.82, 2.24) is 0 Å². The molecule has 5 heteroatoms. The van der Waals surface area contributed by atoms with Crippen molar-refractivity contribution in [3.8, 4) is 5.75 Å². The number of benzene rings is 1. The topological polar surface area (TPSA) is 68.3 Å². The van der Waals surface area contributed by atoms with Crippen LogP contribution in [-0.2, 0) is 14.3 Å². The largest absolute Gasteiger partial charge is 0.496 e. The van der Waals surface area contributed by atoms with E-state index in [1.807, 2.05) is 30.4 Å². The molecule has 3 unspecified atom stereocenters. The molecule has 0 spiro atoms. The lowest BCUT2D eigenvalue weighted by atomic mass is 9.64. The van der Waals surface area contributed by atoms with Gasteiger partial charge in [0.1, 0.15) is 18.0 Å². The Morgan fingerprint density at radius 3 is 2.92 bits per heavy atom. The Kier molecular flexibility index (Phi) is 2.22. The molecule has 128 valence electrons. The molecule has 6 rings (SSSR count). The summed E-state index contributed by atoms with van der Waals surface area (Å²) in [4.78, 5) is 12.9. The second-order valence-corrected chi connectivity index (χ2v) is 8.00. The Morgan fingerprint density at radius 2 is 2.12 bits per heavy atom. The standard InChI is InChI=1S/C20H18O5/c1-18(22)8-10-6-7-19-17-14-11(4-3-5-13(14)23-2)16(24-17)20(19,25-19)15(10)12(21)9-18/h3-7,16-17,22H,8-9H2,1-2H3/t16-,17+,18?,19?,20?/m0/s1.